The molecule has 0 unspecified atom stereocenters. The lowest BCUT2D eigenvalue weighted by atomic mass is 9.89. The van der Waals surface area contributed by atoms with Crippen molar-refractivity contribution in [3.63, 3.8) is 0 Å². The van der Waals surface area contributed by atoms with Crippen LogP contribution in [0, 0.1) is 0 Å². The molecule has 1 N–H and O–H groups in total. The van der Waals surface area contributed by atoms with E-state index in [0.29, 0.717) is 19.4 Å². The predicted octanol–water partition coefficient (Wildman–Crippen LogP) is 3.12. The Labute approximate surface area is 124 Å². The van der Waals surface area contributed by atoms with Crippen molar-refractivity contribution in [3.8, 4) is 0 Å². The Bertz CT molecular complexity index is 635. The zero-order valence-electron chi connectivity index (χ0n) is 12.1. The van der Waals surface area contributed by atoms with Crippen LogP contribution in [-0.4, -0.2) is 34.0 Å². The van der Waals surface area contributed by atoms with Gasteiger partial charge in [-0.05, 0) is 37.3 Å². The monoisotopic (exact) mass is 285 g/mol. The molecule has 4 heteroatoms. The number of nitrogens with zero attached hydrogens (tertiary/aromatic N) is 1. The minimum atomic E-state index is -0.993. The number of likely N-dealkylation sites (tertiary alicyclic amines) is 1. The molecule has 4 nitrogen and oxygen atoms in total. The van der Waals surface area contributed by atoms with E-state index in [-0.39, 0.29) is 5.78 Å². The molecule has 0 radical (unpaired) electrons. The number of Topliss-reactive ketones (excluding diaryl/α,β-unsaturated/α-hetero) is 1. The standard InChI is InChI=1S/C17H19NO3/c1-17(7-4-8-18(17)16(20)21)15(19)11-12-9-13-5-2-3-6-14(13)10-12/h2-3,5-6,9H,4,7-8,10-11H2,1H3,(H,20,21)/t17-/m1/s1. The minimum Gasteiger partial charge on any atom is -0.465 e. The lowest BCUT2D eigenvalue weighted by molar-refractivity contribution is -0.127. The average Bonchev–Trinajstić information content (AvgIpc) is 3.02. The van der Waals surface area contributed by atoms with Crippen LogP contribution < -0.4 is 0 Å². The average molecular weight is 285 g/mol. The predicted molar refractivity (Wildman–Crippen MR) is 80.1 cm³/mol. The molecule has 21 heavy (non-hydrogen) atoms. The maximum Gasteiger partial charge on any atom is 0.408 e. The molecule has 1 aromatic carbocycles. The molecule has 0 spiro atoms. The van der Waals surface area contributed by atoms with Gasteiger partial charge in [-0.2, -0.15) is 0 Å². The van der Waals surface area contributed by atoms with Crippen LogP contribution in [0.5, 0.6) is 0 Å². The Morgan fingerprint density at radius 3 is 2.81 bits per heavy atom. The highest BCUT2D eigenvalue weighted by Crippen LogP contribution is 2.34. The number of allylic oxidation sites excluding steroid dienone is 1. The molecule has 2 aliphatic rings. The summed E-state index contributed by atoms with van der Waals surface area (Å²) in [5.74, 6) is 0.0152. The number of carboxylic acid groups (broad SMARTS) is 1. The van der Waals surface area contributed by atoms with Crippen molar-refractivity contribution in [2.24, 2.45) is 0 Å². The molecular formula is C17H19NO3. The van der Waals surface area contributed by atoms with Gasteiger partial charge in [-0.25, -0.2) is 4.79 Å². The molecule has 3 rings (SSSR count). The third-order valence-electron chi connectivity index (χ3n) is 4.69. The summed E-state index contributed by atoms with van der Waals surface area (Å²) in [6.45, 7) is 2.22. The van der Waals surface area contributed by atoms with Crippen LogP contribution in [0.1, 0.15) is 37.3 Å². The summed E-state index contributed by atoms with van der Waals surface area (Å²) < 4.78 is 0. The highest BCUT2D eigenvalue weighted by molar-refractivity contribution is 5.94. The van der Waals surface area contributed by atoms with Gasteiger partial charge in [0.05, 0.1) is 0 Å². The van der Waals surface area contributed by atoms with E-state index in [4.69, 9.17) is 0 Å². The third kappa shape index (κ3) is 2.35. The molecule has 110 valence electrons. The number of amides is 1. The molecule has 1 fully saturated rings. The Kier molecular flexibility index (Phi) is 3.32. The van der Waals surface area contributed by atoms with E-state index < -0.39 is 11.6 Å². The molecule has 1 aliphatic carbocycles. The van der Waals surface area contributed by atoms with Crippen molar-refractivity contribution in [2.45, 2.75) is 38.1 Å². The Balaban J connectivity index is 1.75. The highest BCUT2D eigenvalue weighted by Gasteiger charge is 2.45. The van der Waals surface area contributed by atoms with Crippen LogP contribution in [-0.2, 0) is 11.2 Å². The van der Waals surface area contributed by atoms with Gasteiger partial charge in [-0.3, -0.25) is 9.69 Å². The second kappa shape index (κ2) is 5.02. The molecule has 0 aromatic heterocycles. The maximum absolute atomic E-state index is 12.6. The van der Waals surface area contributed by atoms with Gasteiger partial charge < -0.3 is 5.11 Å². The molecular weight excluding hydrogens is 266 g/mol. The van der Waals surface area contributed by atoms with E-state index in [2.05, 4.69) is 12.1 Å². The normalized spacial score (nSPS) is 23.9. The van der Waals surface area contributed by atoms with E-state index in [1.165, 1.54) is 16.0 Å². The Morgan fingerprint density at radius 1 is 1.33 bits per heavy atom. The van der Waals surface area contributed by atoms with Gasteiger partial charge in [-0.1, -0.05) is 35.9 Å². The van der Waals surface area contributed by atoms with Crippen LogP contribution >= 0.6 is 0 Å². The number of benzene rings is 1. The smallest absolute Gasteiger partial charge is 0.408 e. The lowest BCUT2D eigenvalue weighted by Crippen LogP contribution is -2.50. The van der Waals surface area contributed by atoms with Gasteiger partial charge in [0.15, 0.2) is 5.78 Å². The summed E-state index contributed by atoms with van der Waals surface area (Å²) in [4.78, 5) is 25.2. The second-order valence-corrected chi connectivity index (χ2v) is 6.09. The highest BCUT2D eigenvalue weighted by atomic mass is 16.4. The fraction of sp³-hybridized carbons (Fsp3) is 0.412. The van der Waals surface area contributed by atoms with Gasteiger partial charge in [0.25, 0.3) is 0 Å². The number of carbonyl (C=O) groups is 2. The van der Waals surface area contributed by atoms with Crippen LogP contribution in [0.2, 0.25) is 0 Å². The van der Waals surface area contributed by atoms with E-state index in [1.54, 1.807) is 6.92 Å². The molecule has 1 amide bonds. The van der Waals surface area contributed by atoms with Crippen molar-refractivity contribution < 1.29 is 14.7 Å². The third-order valence-corrected chi connectivity index (χ3v) is 4.69. The molecule has 1 saturated heterocycles. The molecule has 0 bridgehead atoms. The molecule has 1 aromatic rings. The summed E-state index contributed by atoms with van der Waals surface area (Å²) in [7, 11) is 0. The van der Waals surface area contributed by atoms with Crippen LogP contribution in [0.4, 0.5) is 4.79 Å². The Morgan fingerprint density at radius 2 is 2.10 bits per heavy atom. The summed E-state index contributed by atoms with van der Waals surface area (Å²) in [5.41, 5.74) is 2.64. The molecule has 0 saturated carbocycles. The summed E-state index contributed by atoms with van der Waals surface area (Å²) in [5, 5.41) is 9.26. The maximum atomic E-state index is 12.6. The largest absolute Gasteiger partial charge is 0.465 e. The fourth-order valence-electron chi connectivity index (χ4n) is 3.42. The van der Waals surface area contributed by atoms with Gasteiger partial charge in [0.1, 0.15) is 5.54 Å². The molecule has 1 heterocycles. The fourth-order valence-corrected chi connectivity index (χ4v) is 3.42. The SMILES string of the molecule is C[C@]1(C(=O)CC2=Cc3ccccc3C2)CCCN1C(=O)O. The second-order valence-electron chi connectivity index (χ2n) is 6.09. The number of rotatable bonds is 3. The first kappa shape index (κ1) is 13.9. The first-order valence-electron chi connectivity index (χ1n) is 7.32. The summed E-state index contributed by atoms with van der Waals surface area (Å²) >= 11 is 0. The van der Waals surface area contributed by atoms with Crippen molar-refractivity contribution in [1.82, 2.24) is 4.90 Å². The van der Waals surface area contributed by atoms with Gasteiger partial charge in [-0.15, -0.1) is 0 Å². The van der Waals surface area contributed by atoms with Crippen molar-refractivity contribution >= 4 is 18.0 Å². The summed E-state index contributed by atoms with van der Waals surface area (Å²) in [6, 6.07) is 8.12. The van der Waals surface area contributed by atoms with Gasteiger partial charge in [0, 0.05) is 13.0 Å². The number of ketones is 1. The number of hydrogen-bond acceptors (Lipinski definition) is 2. The molecule has 1 atom stereocenters. The van der Waals surface area contributed by atoms with E-state index >= 15 is 0 Å². The number of hydrogen-bond donors (Lipinski definition) is 1. The van der Waals surface area contributed by atoms with Crippen molar-refractivity contribution in [3.05, 3.63) is 41.0 Å². The first-order chi connectivity index (χ1) is 10.0. The van der Waals surface area contributed by atoms with E-state index in [1.807, 2.05) is 18.2 Å². The van der Waals surface area contributed by atoms with E-state index in [9.17, 15) is 14.7 Å². The zero-order chi connectivity index (χ0) is 15.0. The van der Waals surface area contributed by atoms with Gasteiger partial charge in [0.2, 0.25) is 0 Å². The van der Waals surface area contributed by atoms with Crippen molar-refractivity contribution in [1.29, 1.82) is 0 Å². The van der Waals surface area contributed by atoms with Gasteiger partial charge >= 0.3 is 6.09 Å². The Hall–Kier alpha value is -2.10. The summed E-state index contributed by atoms with van der Waals surface area (Å²) in [6.07, 6.45) is 3.59. The van der Waals surface area contributed by atoms with Crippen molar-refractivity contribution in [2.75, 3.05) is 6.54 Å². The minimum absolute atomic E-state index is 0.0152. The zero-order valence-corrected chi connectivity index (χ0v) is 12.1. The number of fused-ring (bicyclic) bond motifs is 1. The first-order valence-corrected chi connectivity index (χ1v) is 7.32. The topological polar surface area (TPSA) is 57.6 Å². The number of carbonyl (C=O) groups excluding carboxylic acids is 1. The van der Waals surface area contributed by atoms with Crippen LogP contribution in [0.15, 0.2) is 29.8 Å². The van der Waals surface area contributed by atoms with Crippen LogP contribution in [0.3, 0.4) is 0 Å². The van der Waals surface area contributed by atoms with E-state index in [0.717, 1.165) is 18.4 Å². The van der Waals surface area contributed by atoms with Crippen LogP contribution in [0.25, 0.3) is 6.08 Å². The molecule has 1 aliphatic heterocycles. The lowest BCUT2D eigenvalue weighted by Gasteiger charge is -2.31. The quantitative estimate of drug-likeness (QED) is 0.928.